The van der Waals surface area contributed by atoms with Crippen LogP contribution >= 0.6 is 0 Å². The third kappa shape index (κ3) is 3.20. The lowest BCUT2D eigenvalue weighted by Gasteiger charge is -2.08. The molecule has 3 rings (SSSR count). The average Bonchev–Trinajstić information content (AvgIpc) is 2.66. The summed E-state index contributed by atoms with van der Waals surface area (Å²) in [5.41, 5.74) is -0.0384. The van der Waals surface area contributed by atoms with E-state index >= 15 is 0 Å². The smallest absolute Gasteiger partial charge is 0.340 e. The number of esters is 1. The highest BCUT2D eigenvalue weighted by molar-refractivity contribution is 5.91. The molecule has 0 spiro atoms. The Morgan fingerprint density at radius 3 is 2.81 bits per heavy atom. The number of hydrogen-bond acceptors (Lipinski definition) is 8. The lowest BCUT2D eigenvalue weighted by molar-refractivity contribution is -0.384. The van der Waals surface area contributed by atoms with Gasteiger partial charge in [0.1, 0.15) is 11.2 Å². The number of aromatic nitrogens is 3. The summed E-state index contributed by atoms with van der Waals surface area (Å²) in [6.45, 7) is -0.461. The van der Waals surface area contributed by atoms with E-state index in [1.54, 1.807) is 24.3 Å². The zero-order valence-electron chi connectivity index (χ0n) is 13.6. The van der Waals surface area contributed by atoms with Crippen LogP contribution in [0.2, 0.25) is 0 Å². The van der Waals surface area contributed by atoms with Gasteiger partial charge in [0.05, 0.1) is 15.9 Å². The number of nitrogens with one attached hydrogen (secondary N) is 1. The fourth-order valence-corrected chi connectivity index (χ4v) is 2.33. The van der Waals surface area contributed by atoms with Crippen LogP contribution in [-0.4, -0.2) is 32.9 Å². The Morgan fingerprint density at radius 1 is 1.31 bits per heavy atom. The second kappa shape index (κ2) is 6.97. The van der Waals surface area contributed by atoms with Crippen molar-refractivity contribution in [3.63, 3.8) is 0 Å². The van der Waals surface area contributed by atoms with Gasteiger partial charge in [0.2, 0.25) is 0 Å². The van der Waals surface area contributed by atoms with Gasteiger partial charge in [-0.25, -0.2) is 4.79 Å². The summed E-state index contributed by atoms with van der Waals surface area (Å²) >= 11 is 0. The monoisotopic (exact) mass is 355 g/mol. The second-order valence-corrected chi connectivity index (χ2v) is 5.21. The third-order valence-electron chi connectivity index (χ3n) is 3.65. The Bertz CT molecular complexity index is 1060. The van der Waals surface area contributed by atoms with E-state index in [0.29, 0.717) is 10.9 Å². The molecule has 132 valence electrons. The highest BCUT2D eigenvalue weighted by Gasteiger charge is 2.18. The van der Waals surface area contributed by atoms with Crippen molar-refractivity contribution in [1.29, 1.82) is 0 Å². The maximum atomic E-state index is 12.3. The van der Waals surface area contributed by atoms with Crippen LogP contribution in [0, 0.1) is 10.1 Å². The van der Waals surface area contributed by atoms with Crippen molar-refractivity contribution in [2.24, 2.45) is 0 Å². The number of anilines is 1. The molecule has 0 aliphatic carbocycles. The molecule has 0 amide bonds. The van der Waals surface area contributed by atoms with E-state index in [1.807, 2.05) is 0 Å². The van der Waals surface area contributed by atoms with Gasteiger partial charge >= 0.3 is 5.97 Å². The van der Waals surface area contributed by atoms with Crippen LogP contribution in [0.5, 0.6) is 0 Å². The number of carbonyl (C=O) groups excluding carboxylic acids is 1. The molecular formula is C16H13N5O5. The number of carbonyl (C=O) groups is 1. The summed E-state index contributed by atoms with van der Waals surface area (Å²) < 4.78 is 5.93. The van der Waals surface area contributed by atoms with Crippen LogP contribution in [0.4, 0.5) is 11.4 Å². The topological polar surface area (TPSA) is 129 Å². The largest absolute Gasteiger partial charge is 0.439 e. The van der Waals surface area contributed by atoms with Gasteiger partial charge in [0.25, 0.3) is 11.2 Å². The van der Waals surface area contributed by atoms with Crippen molar-refractivity contribution in [2.75, 3.05) is 12.4 Å². The first kappa shape index (κ1) is 17.0. The molecular weight excluding hydrogens is 342 g/mol. The van der Waals surface area contributed by atoms with Gasteiger partial charge in [-0.05, 0) is 24.3 Å². The molecule has 0 radical (unpaired) electrons. The summed E-state index contributed by atoms with van der Waals surface area (Å²) in [4.78, 5) is 34.9. The highest BCUT2D eigenvalue weighted by atomic mass is 16.6. The minimum atomic E-state index is -0.822. The predicted octanol–water partition coefficient (Wildman–Crippen LogP) is 1.56. The van der Waals surface area contributed by atoms with Gasteiger partial charge in [-0.1, -0.05) is 17.3 Å². The minimum absolute atomic E-state index is 0.0162. The molecule has 0 saturated carbocycles. The molecule has 1 heterocycles. The van der Waals surface area contributed by atoms with Crippen molar-refractivity contribution < 1.29 is 14.5 Å². The van der Waals surface area contributed by atoms with E-state index in [9.17, 15) is 19.7 Å². The highest BCUT2D eigenvalue weighted by Crippen LogP contribution is 2.25. The summed E-state index contributed by atoms with van der Waals surface area (Å²) in [6, 6.07) is 10.5. The van der Waals surface area contributed by atoms with Crippen LogP contribution < -0.4 is 10.9 Å². The van der Waals surface area contributed by atoms with Crippen molar-refractivity contribution >= 4 is 28.2 Å². The van der Waals surface area contributed by atoms with Gasteiger partial charge in [-0.3, -0.25) is 14.9 Å². The fourth-order valence-electron chi connectivity index (χ4n) is 2.33. The van der Waals surface area contributed by atoms with Gasteiger partial charge in [0.15, 0.2) is 6.73 Å². The lowest BCUT2D eigenvalue weighted by Crippen LogP contribution is -2.26. The van der Waals surface area contributed by atoms with Crippen LogP contribution in [0.25, 0.3) is 10.9 Å². The number of nitrogens with zero attached hydrogens (tertiary/aromatic N) is 4. The van der Waals surface area contributed by atoms with E-state index in [-0.39, 0.29) is 16.9 Å². The van der Waals surface area contributed by atoms with Gasteiger partial charge in [0, 0.05) is 13.1 Å². The zero-order chi connectivity index (χ0) is 18.7. The molecule has 10 heteroatoms. The number of nitro benzene ring substituents is 1. The molecule has 3 aromatic rings. The van der Waals surface area contributed by atoms with E-state index in [4.69, 9.17) is 4.74 Å². The van der Waals surface area contributed by atoms with Gasteiger partial charge < -0.3 is 10.1 Å². The van der Waals surface area contributed by atoms with Crippen LogP contribution in [0.15, 0.2) is 47.3 Å². The standard InChI is InChI=1S/C16H13N5O5/c1-17-13-7-6-10(8-14(13)21(24)25)16(23)26-9-20-15(22)11-4-2-3-5-12(11)18-19-20/h2-8,17H,9H2,1H3. The van der Waals surface area contributed by atoms with E-state index in [0.717, 1.165) is 10.7 Å². The molecule has 2 aromatic carbocycles. The molecule has 0 aliphatic rings. The second-order valence-electron chi connectivity index (χ2n) is 5.21. The SMILES string of the molecule is CNc1ccc(C(=O)OCn2nnc3ccccc3c2=O)cc1[N+](=O)[O-]. The number of nitro groups is 1. The first-order chi connectivity index (χ1) is 12.5. The molecule has 26 heavy (non-hydrogen) atoms. The van der Waals surface area contributed by atoms with Crippen LogP contribution in [-0.2, 0) is 11.5 Å². The maximum absolute atomic E-state index is 12.3. The molecule has 0 aliphatic heterocycles. The molecule has 1 N–H and O–H groups in total. The molecule has 10 nitrogen and oxygen atoms in total. The average molecular weight is 355 g/mol. The molecule has 1 aromatic heterocycles. The van der Waals surface area contributed by atoms with E-state index in [2.05, 4.69) is 15.6 Å². The van der Waals surface area contributed by atoms with E-state index in [1.165, 1.54) is 19.2 Å². The quantitative estimate of drug-likeness (QED) is 0.414. The number of hydrogen-bond donors (Lipinski definition) is 1. The Kier molecular flexibility index (Phi) is 4.56. The minimum Gasteiger partial charge on any atom is -0.439 e. The maximum Gasteiger partial charge on any atom is 0.340 e. The Hall–Kier alpha value is -3.82. The number of ether oxygens (including phenoxy) is 1. The Morgan fingerprint density at radius 2 is 2.08 bits per heavy atom. The van der Waals surface area contributed by atoms with Crippen molar-refractivity contribution in [3.8, 4) is 0 Å². The summed E-state index contributed by atoms with van der Waals surface area (Å²) in [6.07, 6.45) is 0. The van der Waals surface area contributed by atoms with Gasteiger partial charge in [-0.15, -0.1) is 5.10 Å². The summed E-state index contributed by atoms with van der Waals surface area (Å²) in [5, 5.41) is 21.6. The Balaban J connectivity index is 1.81. The normalized spacial score (nSPS) is 10.5. The summed E-state index contributed by atoms with van der Waals surface area (Å²) in [5.74, 6) is -0.822. The first-order valence-corrected chi connectivity index (χ1v) is 7.47. The molecule has 0 saturated heterocycles. The first-order valence-electron chi connectivity index (χ1n) is 7.47. The molecule has 0 bridgehead atoms. The Labute approximate surface area is 146 Å². The molecule has 0 unspecified atom stereocenters. The number of rotatable bonds is 5. The molecule has 0 fully saturated rings. The van der Waals surface area contributed by atoms with Gasteiger partial charge in [-0.2, -0.15) is 4.68 Å². The van der Waals surface area contributed by atoms with Crippen molar-refractivity contribution in [2.45, 2.75) is 6.73 Å². The third-order valence-corrected chi connectivity index (χ3v) is 3.65. The zero-order valence-corrected chi connectivity index (χ0v) is 13.6. The molecule has 0 atom stereocenters. The predicted molar refractivity (Wildman–Crippen MR) is 91.9 cm³/mol. The van der Waals surface area contributed by atoms with Crippen LogP contribution in [0.3, 0.4) is 0 Å². The fraction of sp³-hybridized carbons (Fsp3) is 0.125. The number of fused-ring (bicyclic) bond motifs is 1. The van der Waals surface area contributed by atoms with Crippen molar-refractivity contribution in [1.82, 2.24) is 15.0 Å². The lowest BCUT2D eigenvalue weighted by atomic mass is 10.1. The van der Waals surface area contributed by atoms with Crippen LogP contribution in [0.1, 0.15) is 10.4 Å². The van der Waals surface area contributed by atoms with Crippen molar-refractivity contribution in [3.05, 3.63) is 68.5 Å². The van der Waals surface area contributed by atoms with E-state index < -0.39 is 23.2 Å². The number of benzene rings is 2. The summed E-state index contributed by atoms with van der Waals surface area (Å²) in [7, 11) is 1.53.